The Morgan fingerprint density at radius 1 is 1.15 bits per heavy atom. The van der Waals surface area contributed by atoms with E-state index in [1.165, 1.54) is 19.3 Å². The number of carbonyl (C=O) groups is 2. The first-order valence-electron chi connectivity index (χ1n) is 10.2. The van der Waals surface area contributed by atoms with Crippen LogP contribution in [0.3, 0.4) is 0 Å². The van der Waals surface area contributed by atoms with Crippen molar-refractivity contribution in [2.24, 2.45) is 11.3 Å². The SMILES string of the molecule is CCCCCCCC1C(C(=O)OCC)=C(C)NC2=C1C(=O)CC(C)(C)C2. The van der Waals surface area contributed by atoms with E-state index in [0.717, 1.165) is 42.7 Å². The van der Waals surface area contributed by atoms with Crippen LogP contribution in [-0.2, 0) is 14.3 Å². The van der Waals surface area contributed by atoms with E-state index in [1.54, 1.807) is 0 Å². The highest BCUT2D eigenvalue weighted by molar-refractivity contribution is 6.02. The molecular weight excluding hydrogens is 326 g/mol. The van der Waals surface area contributed by atoms with E-state index < -0.39 is 0 Å². The fourth-order valence-corrected chi connectivity index (χ4v) is 4.29. The Morgan fingerprint density at radius 3 is 2.50 bits per heavy atom. The molecule has 1 heterocycles. The van der Waals surface area contributed by atoms with Gasteiger partial charge in [-0.25, -0.2) is 4.79 Å². The van der Waals surface area contributed by atoms with Gasteiger partial charge in [0.2, 0.25) is 0 Å². The van der Waals surface area contributed by atoms with E-state index in [1.807, 2.05) is 13.8 Å². The molecule has 2 rings (SSSR count). The summed E-state index contributed by atoms with van der Waals surface area (Å²) in [6.07, 6.45) is 8.11. The molecule has 1 aliphatic carbocycles. The summed E-state index contributed by atoms with van der Waals surface area (Å²) in [5, 5.41) is 3.37. The van der Waals surface area contributed by atoms with Crippen LogP contribution in [-0.4, -0.2) is 18.4 Å². The first-order chi connectivity index (χ1) is 12.3. The van der Waals surface area contributed by atoms with Gasteiger partial charge in [0.1, 0.15) is 0 Å². The molecule has 0 spiro atoms. The number of hydrogen-bond acceptors (Lipinski definition) is 4. The lowest BCUT2D eigenvalue weighted by molar-refractivity contribution is -0.139. The molecule has 0 saturated heterocycles. The summed E-state index contributed by atoms with van der Waals surface area (Å²) in [4.78, 5) is 25.6. The summed E-state index contributed by atoms with van der Waals surface area (Å²) in [6, 6.07) is 0. The third kappa shape index (κ3) is 4.77. The van der Waals surface area contributed by atoms with Gasteiger partial charge in [-0.3, -0.25) is 4.79 Å². The summed E-state index contributed by atoms with van der Waals surface area (Å²) in [7, 11) is 0. The molecule has 0 fully saturated rings. The van der Waals surface area contributed by atoms with Crippen molar-refractivity contribution in [1.82, 2.24) is 5.32 Å². The second-order valence-corrected chi connectivity index (χ2v) is 8.47. The fourth-order valence-electron chi connectivity index (χ4n) is 4.29. The summed E-state index contributed by atoms with van der Waals surface area (Å²) < 4.78 is 5.31. The zero-order chi connectivity index (χ0) is 19.3. The van der Waals surface area contributed by atoms with Crippen molar-refractivity contribution in [2.45, 2.75) is 86.0 Å². The van der Waals surface area contributed by atoms with Crippen LogP contribution in [0.5, 0.6) is 0 Å². The van der Waals surface area contributed by atoms with Crippen LogP contribution in [0.2, 0.25) is 0 Å². The lowest BCUT2D eigenvalue weighted by Crippen LogP contribution is -2.39. The maximum absolute atomic E-state index is 12.9. The average molecular weight is 362 g/mol. The van der Waals surface area contributed by atoms with Gasteiger partial charge in [-0.05, 0) is 32.1 Å². The molecule has 0 aromatic rings. The first-order valence-corrected chi connectivity index (χ1v) is 10.2. The Hall–Kier alpha value is -1.58. The number of ketones is 1. The topological polar surface area (TPSA) is 55.4 Å². The minimum atomic E-state index is -0.278. The van der Waals surface area contributed by atoms with Crippen LogP contribution < -0.4 is 5.32 Å². The van der Waals surface area contributed by atoms with E-state index in [-0.39, 0.29) is 23.1 Å². The lowest BCUT2D eigenvalue weighted by atomic mass is 9.69. The smallest absolute Gasteiger partial charge is 0.336 e. The van der Waals surface area contributed by atoms with Crippen LogP contribution in [0.15, 0.2) is 22.5 Å². The van der Waals surface area contributed by atoms with E-state index in [0.29, 0.717) is 18.6 Å². The molecule has 1 aliphatic heterocycles. The van der Waals surface area contributed by atoms with Gasteiger partial charge in [0, 0.05) is 29.3 Å². The quantitative estimate of drug-likeness (QED) is 0.486. The molecule has 0 bridgehead atoms. The third-order valence-electron chi connectivity index (χ3n) is 5.45. The highest BCUT2D eigenvalue weighted by Crippen LogP contribution is 2.44. The lowest BCUT2D eigenvalue weighted by Gasteiger charge is -2.39. The molecule has 1 N–H and O–H groups in total. The van der Waals surface area contributed by atoms with Gasteiger partial charge in [0.15, 0.2) is 5.78 Å². The number of Topliss-reactive ketones (excluding diaryl/α,β-unsaturated/α-hetero) is 1. The second-order valence-electron chi connectivity index (χ2n) is 8.47. The number of dihydropyridines is 1. The molecule has 26 heavy (non-hydrogen) atoms. The summed E-state index contributed by atoms with van der Waals surface area (Å²) in [5.41, 5.74) is 3.35. The molecular formula is C22H35NO3. The maximum Gasteiger partial charge on any atom is 0.336 e. The number of allylic oxidation sites excluding steroid dienone is 3. The summed E-state index contributed by atoms with van der Waals surface area (Å²) in [6.45, 7) is 10.6. The van der Waals surface area contributed by atoms with E-state index >= 15 is 0 Å². The zero-order valence-corrected chi connectivity index (χ0v) is 17.2. The maximum atomic E-state index is 12.9. The molecule has 146 valence electrons. The van der Waals surface area contributed by atoms with Gasteiger partial charge in [0.25, 0.3) is 0 Å². The van der Waals surface area contributed by atoms with E-state index in [2.05, 4.69) is 26.1 Å². The van der Waals surface area contributed by atoms with Gasteiger partial charge in [-0.2, -0.15) is 0 Å². The van der Waals surface area contributed by atoms with Crippen molar-refractivity contribution in [3.8, 4) is 0 Å². The van der Waals surface area contributed by atoms with Crippen molar-refractivity contribution in [2.75, 3.05) is 6.61 Å². The number of unbranched alkanes of at least 4 members (excludes halogenated alkanes) is 4. The van der Waals surface area contributed by atoms with Gasteiger partial charge in [-0.15, -0.1) is 0 Å². The number of hydrogen-bond donors (Lipinski definition) is 1. The molecule has 1 unspecified atom stereocenters. The fraction of sp³-hybridized carbons (Fsp3) is 0.727. The molecule has 0 saturated carbocycles. The van der Waals surface area contributed by atoms with Crippen molar-refractivity contribution in [1.29, 1.82) is 0 Å². The molecule has 2 aliphatic rings. The average Bonchev–Trinajstić information content (AvgIpc) is 2.52. The van der Waals surface area contributed by atoms with Crippen LogP contribution in [0.4, 0.5) is 0 Å². The number of carbonyl (C=O) groups excluding carboxylic acids is 2. The van der Waals surface area contributed by atoms with Crippen molar-refractivity contribution in [3.63, 3.8) is 0 Å². The van der Waals surface area contributed by atoms with Crippen molar-refractivity contribution in [3.05, 3.63) is 22.5 Å². The summed E-state index contributed by atoms with van der Waals surface area (Å²) >= 11 is 0. The number of rotatable bonds is 8. The van der Waals surface area contributed by atoms with E-state index in [4.69, 9.17) is 4.74 Å². The Bertz CT molecular complexity index is 613. The first kappa shape index (κ1) is 20.7. The molecule has 4 nitrogen and oxygen atoms in total. The largest absolute Gasteiger partial charge is 0.463 e. The van der Waals surface area contributed by atoms with Crippen LogP contribution in [0.25, 0.3) is 0 Å². The zero-order valence-electron chi connectivity index (χ0n) is 17.2. The standard InChI is InChI=1S/C22H35NO3/c1-6-8-9-10-11-12-16-19(21(25)26-7-2)15(3)23-17-13-22(4,5)14-18(24)20(16)17/h16,23H,6-14H2,1-5H3. The van der Waals surface area contributed by atoms with Crippen LogP contribution in [0, 0.1) is 11.3 Å². The predicted molar refractivity (Wildman–Crippen MR) is 104 cm³/mol. The Balaban J connectivity index is 2.28. The molecule has 0 aromatic carbocycles. The van der Waals surface area contributed by atoms with Gasteiger partial charge in [0.05, 0.1) is 12.2 Å². The Morgan fingerprint density at radius 2 is 1.85 bits per heavy atom. The van der Waals surface area contributed by atoms with Gasteiger partial charge in [-0.1, -0.05) is 52.9 Å². The monoisotopic (exact) mass is 361 g/mol. The number of nitrogens with one attached hydrogen (secondary N) is 1. The molecule has 1 atom stereocenters. The summed E-state index contributed by atoms with van der Waals surface area (Å²) in [5.74, 6) is -0.202. The van der Waals surface area contributed by atoms with Crippen LogP contribution in [0.1, 0.15) is 86.0 Å². The minimum Gasteiger partial charge on any atom is -0.463 e. The Kier molecular flexibility index (Phi) is 7.08. The molecule has 0 aromatic heterocycles. The van der Waals surface area contributed by atoms with E-state index in [9.17, 15) is 9.59 Å². The van der Waals surface area contributed by atoms with Gasteiger partial charge >= 0.3 is 5.97 Å². The van der Waals surface area contributed by atoms with Gasteiger partial charge < -0.3 is 10.1 Å². The second kappa shape index (κ2) is 8.88. The minimum absolute atomic E-state index is 0.0314. The molecule has 0 radical (unpaired) electrons. The van der Waals surface area contributed by atoms with Crippen LogP contribution >= 0.6 is 0 Å². The molecule has 0 amide bonds. The number of ether oxygens (including phenoxy) is 1. The highest BCUT2D eigenvalue weighted by atomic mass is 16.5. The van der Waals surface area contributed by atoms with Crippen molar-refractivity contribution >= 4 is 11.8 Å². The predicted octanol–water partition coefficient (Wildman–Crippen LogP) is 5.05. The number of esters is 1. The highest BCUT2D eigenvalue weighted by Gasteiger charge is 2.41. The molecule has 4 heteroatoms. The normalized spacial score (nSPS) is 22.2. The van der Waals surface area contributed by atoms with Crippen molar-refractivity contribution < 1.29 is 14.3 Å². The Labute approximate surface area is 158 Å². The third-order valence-corrected chi connectivity index (χ3v) is 5.45.